The van der Waals surface area contributed by atoms with E-state index in [1.54, 1.807) is 0 Å². The first kappa shape index (κ1) is 15.3. The molecule has 1 amide bonds. The molecule has 0 saturated carbocycles. The molecule has 21 heavy (non-hydrogen) atoms. The van der Waals surface area contributed by atoms with Crippen LogP contribution in [0.15, 0.2) is 29.3 Å². The topological polar surface area (TPSA) is 63.2 Å². The Morgan fingerprint density at radius 3 is 2.81 bits per heavy atom. The van der Waals surface area contributed by atoms with Crippen molar-refractivity contribution in [3.8, 4) is 0 Å². The van der Waals surface area contributed by atoms with E-state index < -0.39 is 6.09 Å². The van der Waals surface area contributed by atoms with E-state index >= 15 is 0 Å². The van der Waals surface area contributed by atoms with Crippen LogP contribution in [0.1, 0.15) is 32.3 Å². The number of rotatable bonds is 5. The van der Waals surface area contributed by atoms with E-state index in [4.69, 9.17) is 9.57 Å². The van der Waals surface area contributed by atoms with Gasteiger partial charge in [0.25, 0.3) is 0 Å². The van der Waals surface area contributed by atoms with Crippen molar-refractivity contribution in [1.29, 1.82) is 0 Å². The molecule has 1 N–H and O–H groups in total. The largest absolute Gasteiger partial charge is 0.448 e. The number of fused-ring (bicyclic) bond motifs is 1. The molecule has 0 bridgehead atoms. The van der Waals surface area contributed by atoms with Crippen LogP contribution >= 0.6 is 0 Å². The Bertz CT molecular complexity index is 517. The van der Waals surface area contributed by atoms with Gasteiger partial charge in [-0.1, -0.05) is 32.0 Å². The predicted molar refractivity (Wildman–Crippen MR) is 80.9 cm³/mol. The summed E-state index contributed by atoms with van der Waals surface area (Å²) in [4.78, 5) is 21.9. The summed E-state index contributed by atoms with van der Waals surface area (Å²) in [5.74, 6) is 0.364. The normalized spacial score (nSPS) is 13.0. The van der Waals surface area contributed by atoms with Gasteiger partial charge in [-0.25, -0.2) is 9.79 Å². The molecule has 6 nitrogen and oxygen atoms in total. The number of nitrogens with zero attached hydrogens (tertiary/aromatic N) is 2. The van der Waals surface area contributed by atoms with Crippen LogP contribution in [0.25, 0.3) is 0 Å². The van der Waals surface area contributed by atoms with E-state index in [1.165, 1.54) is 0 Å². The summed E-state index contributed by atoms with van der Waals surface area (Å²) in [6, 6.07) is 7.83. The summed E-state index contributed by atoms with van der Waals surface area (Å²) < 4.78 is 5.13. The van der Waals surface area contributed by atoms with Gasteiger partial charge in [0, 0.05) is 5.69 Å². The molecule has 1 aliphatic rings. The fourth-order valence-electron chi connectivity index (χ4n) is 1.85. The van der Waals surface area contributed by atoms with Crippen molar-refractivity contribution < 1.29 is 14.4 Å². The molecule has 0 spiro atoms. The Labute approximate surface area is 124 Å². The van der Waals surface area contributed by atoms with Crippen molar-refractivity contribution in [3.05, 3.63) is 29.8 Å². The molecule has 0 saturated heterocycles. The predicted octanol–water partition coefficient (Wildman–Crippen LogP) is 3.16. The number of carbonyl (C=O) groups excluding carboxylic acids is 1. The molecular weight excluding hydrogens is 270 g/mol. The van der Waals surface area contributed by atoms with Gasteiger partial charge < -0.3 is 10.1 Å². The first-order valence-electron chi connectivity index (χ1n) is 7.25. The number of ether oxygens (including phenoxy) is 1. The maximum Gasteiger partial charge on any atom is 0.441 e. The van der Waals surface area contributed by atoms with Crippen LogP contribution in [0.2, 0.25) is 0 Å². The standard InChI is InChI=1S/C15H21N3O3/c1-3-9-20-15(19)18(21-10-4-2)14-16-11-12-7-5-6-8-13(12)17-14/h5-8H,3-4,9-11H2,1-2H3,(H,16,17). The maximum atomic E-state index is 12.1. The van der Waals surface area contributed by atoms with Crippen LogP contribution in [0.5, 0.6) is 0 Å². The zero-order chi connectivity index (χ0) is 15.1. The number of carbonyl (C=O) groups is 1. The molecule has 0 radical (unpaired) electrons. The lowest BCUT2D eigenvalue weighted by Crippen LogP contribution is -2.43. The van der Waals surface area contributed by atoms with Gasteiger partial charge in [-0.3, -0.25) is 4.84 Å². The molecule has 0 atom stereocenters. The molecule has 1 heterocycles. The van der Waals surface area contributed by atoms with E-state index in [-0.39, 0.29) is 0 Å². The molecule has 2 rings (SSSR count). The third kappa shape index (κ3) is 3.95. The fraction of sp³-hybridized carbons (Fsp3) is 0.467. The van der Waals surface area contributed by atoms with Crippen LogP contribution < -0.4 is 5.32 Å². The van der Waals surface area contributed by atoms with Crippen LogP contribution in [0.4, 0.5) is 10.5 Å². The van der Waals surface area contributed by atoms with Gasteiger partial charge in [-0.2, -0.15) is 0 Å². The van der Waals surface area contributed by atoms with Crippen molar-refractivity contribution in [1.82, 2.24) is 5.06 Å². The van der Waals surface area contributed by atoms with Crippen molar-refractivity contribution in [2.45, 2.75) is 33.2 Å². The van der Waals surface area contributed by atoms with Crippen molar-refractivity contribution in [3.63, 3.8) is 0 Å². The van der Waals surface area contributed by atoms with E-state index in [1.807, 2.05) is 38.1 Å². The van der Waals surface area contributed by atoms with Crippen LogP contribution in [0.3, 0.4) is 0 Å². The van der Waals surface area contributed by atoms with E-state index in [9.17, 15) is 4.79 Å². The molecule has 0 aliphatic carbocycles. The number of aliphatic imine (C=N–C) groups is 1. The molecule has 0 aromatic heterocycles. The molecule has 1 aliphatic heterocycles. The minimum absolute atomic E-state index is 0.356. The Morgan fingerprint density at radius 1 is 1.29 bits per heavy atom. The third-order valence-electron chi connectivity index (χ3n) is 2.88. The van der Waals surface area contributed by atoms with Gasteiger partial charge in [-0.15, -0.1) is 5.06 Å². The number of guanidine groups is 1. The number of para-hydroxylation sites is 1. The molecule has 1 aromatic rings. The van der Waals surface area contributed by atoms with Gasteiger partial charge in [0.1, 0.15) is 0 Å². The van der Waals surface area contributed by atoms with Gasteiger partial charge in [0.15, 0.2) is 0 Å². The smallest absolute Gasteiger partial charge is 0.441 e. The molecule has 6 heteroatoms. The highest BCUT2D eigenvalue weighted by Crippen LogP contribution is 2.21. The van der Waals surface area contributed by atoms with Crippen molar-refractivity contribution >= 4 is 17.7 Å². The van der Waals surface area contributed by atoms with E-state index in [0.717, 1.165) is 29.2 Å². The summed E-state index contributed by atoms with van der Waals surface area (Å²) >= 11 is 0. The molecule has 0 unspecified atom stereocenters. The lowest BCUT2D eigenvalue weighted by molar-refractivity contribution is -0.0845. The van der Waals surface area contributed by atoms with Gasteiger partial charge in [0.05, 0.1) is 19.8 Å². The van der Waals surface area contributed by atoms with E-state index in [2.05, 4.69) is 10.3 Å². The number of hydrogen-bond donors (Lipinski definition) is 1. The molecular formula is C15H21N3O3. The minimum Gasteiger partial charge on any atom is -0.448 e. The summed E-state index contributed by atoms with van der Waals surface area (Å²) in [7, 11) is 0. The highest BCUT2D eigenvalue weighted by Gasteiger charge is 2.25. The second kappa shape index (κ2) is 7.64. The zero-order valence-corrected chi connectivity index (χ0v) is 12.5. The Kier molecular flexibility index (Phi) is 5.57. The van der Waals surface area contributed by atoms with Gasteiger partial charge in [-0.05, 0) is 24.5 Å². The summed E-state index contributed by atoms with van der Waals surface area (Å²) in [6.07, 6.45) is 1.01. The number of benzene rings is 1. The Morgan fingerprint density at radius 2 is 2.05 bits per heavy atom. The molecule has 0 fully saturated rings. The number of hydrogen-bond acceptors (Lipinski definition) is 5. The average molecular weight is 291 g/mol. The molecule has 114 valence electrons. The summed E-state index contributed by atoms with van der Waals surface area (Å²) in [6.45, 7) is 5.20. The Hall–Kier alpha value is -2.08. The fourth-order valence-corrected chi connectivity index (χ4v) is 1.85. The average Bonchev–Trinajstić information content (AvgIpc) is 2.53. The second-order valence-corrected chi connectivity index (χ2v) is 4.66. The first-order chi connectivity index (χ1) is 10.3. The van der Waals surface area contributed by atoms with E-state index in [0.29, 0.717) is 25.7 Å². The number of nitrogens with one attached hydrogen (secondary N) is 1. The zero-order valence-electron chi connectivity index (χ0n) is 12.5. The summed E-state index contributed by atoms with van der Waals surface area (Å²) in [5, 5.41) is 4.22. The second-order valence-electron chi connectivity index (χ2n) is 4.66. The minimum atomic E-state index is -0.545. The summed E-state index contributed by atoms with van der Waals surface area (Å²) in [5.41, 5.74) is 2.01. The van der Waals surface area contributed by atoms with Crippen LogP contribution in [0, 0.1) is 0 Å². The monoisotopic (exact) mass is 291 g/mol. The first-order valence-corrected chi connectivity index (χ1v) is 7.25. The maximum absolute atomic E-state index is 12.1. The molecule has 1 aromatic carbocycles. The highest BCUT2D eigenvalue weighted by molar-refractivity contribution is 6.02. The van der Waals surface area contributed by atoms with Gasteiger partial charge >= 0.3 is 6.09 Å². The third-order valence-corrected chi connectivity index (χ3v) is 2.88. The van der Waals surface area contributed by atoms with Crippen LogP contribution in [-0.2, 0) is 16.1 Å². The lowest BCUT2D eigenvalue weighted by atomic mass is 10.1. The van der Waals surface area contributed by atoms with Gasteiger partial charge in [0.2, 0.25) is 5.96 Å². The number of hydroxylamine groups is 2. The van der Waals surface area contributed by atoms with Crippen LogP contribution in [-0.4, -0.2) is 30.3 Å². The highest BCUT2D eigenvalue weighted by atomic mass is 16.7. The van der Waals surface area contributed by atoms with Crippen molar-refractivity contribution in [2.75, 3.05) is 18.5 Å². The number of anilines is 1. The SMILES string of the molecule is CCCOC(=O)N(OCCC)C1=NCc2ccccc2N1. The lowest BCUT2D eigenvalue weighted by Gasteiger charge is -2.26. The van der Waals surface area contributed by atoms with Crippen molar-refractivity contribution in [2.24, 2.45) is 4.99 Å². The Balaban J connectivity index is 2.10. The number of amides is 1. The quantitative estimate of drug-likeness (QED) is 0.846.